The molecule has 1 rings (SSSR count). The van der Waals surface area contributed by atoms with Crippen LogP contribution in [0.15, 0.2) is 18.2 Å². The molecule has 0 amide bonds. The van der Waals surface area contributed by atoms with Crippen molar-refractivity contribution in [2.45, 2.75) is 46.2 Å². The molecule has 0 saturated heterocycles. The molecule has 95 valence electrons. The van der Waals surface area contributed by atoms with Crippen LogP contribution < -0.4 is 0 Å². The van der Waals surface area contributed by atoms with Gasteiger partial charge in [-0.1, -0.05) is 40.7 Å². The number of alkyl halides is 3. The van der Waals surface area contributed by atoms with Crippen molar-refractivity contribution in [2.24, 2.45) is 0 Å². The van der Waals surface area contributed by atoms with E-state index >= 15 is 0 Å². The molecule has 0 fully saturated rings. The highest BCUT2D eigenvalue weighted by Crippen LogP contribution is 2.35. The summed E-state index contributed by atoms with van der Waals surface area (Å²) in [4.78, 5) is 0. The molecule has 1 aromatic carbocycles. The SMILES string of the molecule is C[C](C)c1cc(C(C)(C)C)cc(C(F)(F)F)c1. The minimum atomic E-state index is -4.29. The van der Waals surface area contributed by atoms with Gasteiger partial charge in [0, 0.05) is 0 Å². The van der Waals surface area contributed by atoms with Crippen molar-refractivity contribution in [1.29, 1.82) is 0 Å². The maximum absolute atomic E-state index is 12.8. The van der Waals surface area contributed by atoms with E-state index < -0.39 is 11.7 Å². The van der Waals surface area contributed by atoms with Crippen LogP contribution in [0.1, 0.15) is 51.3 Å². The molecule has 0 nitrogen and oxygen atoms in total. The Balaban J connectivity index is 3.40. The minimum absolute atomic E-state index is 0.286. The largest absolute Gasteiger partial charge is 0.416 e. The van der Waals surface area contributed by atoms with E-state index in [0.29, 0.717) is 11.1 Å². The molecule has 0 spiro atoms. The second kappa shape index (κ2) is 4.35. The summed E-state index contributed by atoms with van der Waals surface area (Å²) >= 11 is 0. The summed E-state index contributed by atoms with van der Waals surface area (Å²) in [5.74, 6) is 0.890. The Morgan fingerprint density at radius 1 is 0.882 bits per heavy atom. The molecule has 0 aliphatic heterocycles. The second-order valence-electron chi connectivity index (χ2n) is 5.55. The van der Waals surface area contributed by atoms with E-state index in [2.05, 4.69) is 0 Å². The summed E-state index contributed by atoms with van der Waals surface area (Å²) < 4.78 is 38.4. The van der Waals surface area contributed by atoms with Crippen molar-refractivity contribution in [3.05, 3.63) is 40.8 Å². The highest BCUT2D eigenvalue weighted by atomic mass is 19.4. The van der Waals surface area contributed by atoms with Gasteiger partial charge in [0.15, 0.2) is 0 Å². The first-order chi connectivity index (χ1) is 7.51. The lowest BCUT2D eigenvalue weighted by Crippen LogP contribution is -2.15. The zero-order valence-corrected chi connectivity index (χ0v) is 10.9. The van der Waals surface area contributed by atoms with Crippen molar-refractivity contribution < 1.29 is 13.2 Å². The first-order valence-corrected chi connectivity index (χ1v) is 5.55. The van der Waals surface area contributed by atoms with E-state index in [1.807, 2.05) is 40.7 Å². The van der Waals surface area contributed by atoms with Gasteiger partial charge in [-0.2, -0.15) is 13.2 Å². The molecule has 3 heteroatoms. The van der Waals surface area contributed by atoms with Crippen molar-refractivity contribution in [2.75, 3.05) is 0 Å². The summed E-state index contributed by atoms with van der Waals surface area (Å²) in [6.45, 7) is 9.38. The summed E-state index contributed by atoms with van der Waals surface area (Å²) in [6, 6.07) is 4.29. The smallest absolute Gasteiger partial charge is 0.166 e. The van der Waals surface area contributed by atoms with Gasteiger partial charge in [0.1, 0.15) is 0 Å². The third kappa shape index (κ3) is 3.48. The van der Waals surface area contributed by atoms with Crippen LogP contribution in [-0.4, -0.2) is 0 Å². The third-order valence-electron chi connectivity index (χ3n) is 2.70. The van der Waals surface area contributed by atoms with E-state index in [0.717, 1.165) is 5.92 Å². The fraction of sp³-hybridized carbons (Fsp3) is 0.500. The maximum Gasteiger partial charge on any atom is 0.416 e. The van der Waals surface area contributed by atoms with E-state index in [9.17, 15) is 13.2 Å². The molecule has 0 bridgehead atoms. The maximum atomic E-state index is 12.8. The Labute approximate surface area is 101 Å². The monoisotopic (exact) mass is 243 g/mol. The minimum Gasteiger partial charge on any atom is -0.166 e. The summed E-state index contributed by atoms with van der Waals surface area (Å²) in [5.41, 5.74) is 0.514. The first kappa shape index (κ1) is 14.1. The average Bonchev–Trinajstić information content (AvgIpc) is 2.14. The molecule has 0 aromatic heterocycles. The second-order valence-corrected chi connectivity index (χ2v) is 5.55. The Morgan fingerprint density at radius 3 is 1.71 bits per heavy atom. The molecule has 0 atom stereocenters. The molecule has 0 unspecified atom stereocenters. The predicted molar refractivity (Wildman–Crippen MR) is 63.8 cm³/mol. The Bertz CT molecular complexity index is 363. The molecule has 1 radical (unpaired) electrons. The molecular formula is C14H18F3. The van der Waals surface area contributed by atoms with Gasteiger partial charge in [0.05, 0.1) is 5.56 Å². The summed E-state index contributed by atoms with van der Waals surface area (Å²) in [7, 11) is 0. The van der Waals surface area contributed by atoms with Crippen LogP contribution in [0.25, 0.3) is 0 Å². The van der Waals surface area contributed by atoms with Crippen molar-refractivity contribution in [1.82, 2.24) is 0 Å². The van der Waals surface area contributed by atoms with E-state index in [1.165, 1.54) is 12.1 Å². The van der Waals surface area contributed by atoms with Crippen LogP contribution in [0.2, 0.25) is 0 Å². The van der Waals surface area contributed by atoms with Crippen LogP contribution in [0.3, 0.4) is 0 Å². The number of benzene rings is 1. The summed E-state index contributed by atoms with van der Waals surface area (Å²) in [5, 5.41) is 0. The average molecular weight is 243 g/mol. The van der Waals surface area contributed by atoms with Crippen LogP contribution in [0.5, 0.6) is 0 Å². The van der Waals surface area contributed by atoms with Gasteiger partial charge < -0.3 is 0 Å². The van der Waals surface area contributed by atoms with Crippen molar-refractivity contribution in [3.63, 3.8) is 0 Å². The van der Waals surface area contributed by atoms with Gasteiger partial charge in [0.2, 0.25) is 0 Å². The predicted octanol–water partition coefficient (Wildman–Crippen LogP) is 4.97. The molecular weight excluding hydrogens is 225 g/mol. The van der Waals surface area contributed by atoms with E-state index in [-0.39, 0.29) is 5.41 Å². The van der Waals surface area contributed by atoms with Gasteiger partial charge in [-0.15, -0.1) is 0 Å². The first-order valence-electron chi connectivity index (χ1n) is 5.55. The summed E-state index contributed by atoms with van der Waals surface area (Å²) in [6.07, 6.45) is -4.29. The van der Waals surface area contributed by atoms with Crippen LogP contribution in [-0.2, 0) is 11.6 Å². The van der Waals surface area contributed by atoms with E-state index in [1.54, 1.807) is 0 Å². The molecule has 0 heterocycles. The Kier molecular flexibility index (Phi) is 3.60. The van der Waals surface area contributed by atoms with Gasteiger partial charge in [0.25, 0.3) is 0 Å². The lowest BCUT2D eigenvalue weighted by molar-refractivity contribution is -0.137. The Morgan fingerprint density at radius 2 is 1.35 bits per heavy atom. The Hall–Kier alpha value is -0.990. The van der Waals surface area contributed by atoms with Crippen LogP contribution >= 0.6 is 0 Å². The van der Waals surface area contributed by atoms with Gasteiger partial charge in [-0.3, -0.25) is 0 Å². The van der Waals surface area contributed by atoms with Gasteiger partial charge >= 0.3 is 6.18 Å². The topological polar surface area (TPSA) is 0 Å². The lowest BCUT2D eigenvalue weighted by Gasteiger charge is -2.22. The number of hydrogen-bond donors (Lipinski definition) is 0. The highest BCUT2D eigenvalue weighted by Gasteiger charge is 2.32. The van der Waals surface area contributed by atoms with Gasteiger partial charge in [-0.25, -0.2) is 0 Å². The molecule has 0 saturated carbocycles. The molecule has 17 heavy (non-hydrogen) atoms. The van der Waals surface area contributed by atoms with Crippen molar-refractivity contribution in [3.8, 4) is 0 Å². The fourth-order valence-electron chi connectivity index (χ4n) is 1.51. The van der Waals surface area contributed by atoms with Crippen LogP contribution in [0, 0.1) is 5.92 Å². The van der Waals surface area contributed by atoms with Gasteiger partial charge in [-0.05, 0) is 34.6 Å². The number of hydrogen-bond acceptors (Lipinski definition) is 0. The zero-order chi connectivity index (χ0) is 13.4. The zero-order valence-electron chi connectivity index (χ0n) is 10.9. The number of halogens is 3. The highest BCUT2D eigenvalue weighted by molar-refractivity contribution is 5.40. The molecule has 0 aliphatic carbocycles. The van der Waals surface area contributed by atoms with E-state index in [4.69, 9.17) is 0 Å². The third-order valence-corrected chi connectivity index (χ3v) is 2.70. The van der Waals surface area contributed by atoms with Crippen LogP contribution in [0.4, 0.5) is 13.2 Å². The standard InChI is InChI=1S/C14H18F3/c1-9(2)10-6-11(13(3,4)5)8-12(7-10)14(15,16)17/h6-8H,1-5H3. The van der Waals surface area contributed by atoms with Crippen molar-refractivity contribution >= 4 is 0 Å². The molecule has 0 N–H and O–H groups in total. The normalized spacial score (nSPS) is 13.2. The quantitative estimate of drug-likeness (QED) is 0.653. The molecule has 1 aromatic rings. The fourth-order valence-corrected chi connectivity index (χ4v) is 1.51. The molecule has 0 aliphatic rings. The lowest BCUT2D eigenvalue weighted by atomic mass is 9.83. The number of rotatable bonds is 1.